The molecule has 2 heterocycles. The first-order valence-corrected chi connectivity index (χ1v) is 7.06. The number of nitrogens with two attached hydrogens (primary N) is 1. The lowest BCUT2D eigenvalue weighted by atomic mass is 10.0. The van der Waals surface area contributed by atoms with Crippen molar-refractivity contribution in [3.05, 3.63) is 23.8 Å². The zero-order valence-electron chi connectivity index (χ0n) is 11.0. The van der Waals surface area contributed by atoms with E-state index in [0.717, 1.165) is 24.0 Å². The van der Waals surface area contributed by atoms with Gasteiger partial charge in [0.25, 0.3) is 0 Å². The monoisotopic (exact) mass is 246 g/mol. The van der Waals surface area contributed by atoms with E-state index in [9.17, 15) is 0 Å². The van der Waals surface area contributed by atoms with Crippen LogP contribution >= 0.6 is 0 Å². The molecule has 1 saturated heterocycles. The third-order valence-corrected chi connectivity index (χ3v) is 4.08. The van der Waals surface area contributed by atoms with Crippen LogP contribution in [0.4, 0.5) is 0 Å². The fraction of sp³-hybridized carbons (Fsp3) is 0.714. The van der Waals surface area contributed by atoms with Gasteiger partial charge in [-0.25, -0.2) is 9.97 Å². The lowest BCUT2D eigenvalue weighted by Crippen LogP contribution is -2.41. The Balaban J connectivity index is 1.92. The Hall–Kier alpha value is -1.00. The smallest absolute Gasteiger partial charge is 0.125 e. The molecule has 1 aliphatic carbocycles. The Morgan fingerprint density at radius 2 is 2.11 bits per heavy atom. The Labute approximate surface area is 109 Å². The molecule has 3 rings (SSSR count). The minimum atomic E-state index is 0.211. The summed E-state index contributed by atoms with van der Waals surface area (Å²) in [7, 11) is 0. The number of likely N-dealkylation sites (tertiary alicyclic amines) is 1. The molecule has 1 aromatic heterocycles. The highest BCUT2D eigenvalue weighted by molar-refractivity contribution is 5.13. The van der Waals surface area contributed by atoms with Crippen LogP contribution in [0.5, 0.6) is 0 Å². The number of aryl methyl sites for hydroxylation is 1. The number of hydrogen-bond acceptors (Lipinski definition) is 4. The molecule has 1 aliphatic heterocycles. The van der Waals surface area contributed by atoms with Crippen molar-refractivity contribution in [1.82, 2.24) is 14.9 Å². The van der Waals surface area contributed by atoms with Crippen LogP contribution in [-0.4, -0.2) is 33.5 Å². The maximum atomic E-state index is 6.41. The van der Waals surface area contributed by atoms with Crippen LogP contribution in [0.25, 0.3) is 0 Å². The summed E-state index contributed by atoms with van der Waals surface area (Å²) < 4.78 is 0. The van der Waals surface area contributed by atoms with Crippen molar-refractivity contribution in [2.45, 2.75) is 57.2 Å². The highest BCUT2D eigenvalue weighted by Crippen LogP contribution is 2.37. The van der Waals surface area contributed by atoms with Crippen LogP contribution in [0.3, 0.4) is 0 Å². The summed E-state index contributed by atoms with van der Waals surface area (Å²) in [4.78, 5) is 11.4. The van der Waals surface area contributed by atoms with Gasteiger partial charge in [-0.3, -0.25) is 4.90 Å². The van der Waals surface area contributed by atoms with Crippen LogP contribution < -0.4 is 5.73 Å². The maximum Gasteiger partial charge on any atom is 0.125 e. The molecule has 1 saturated carbocycles. The van der Waals surface area contributed by atoms with Crippen molar-refractivity contribution in [2.24, 2.45) is 5.73 Å². The van der Waals surface area contributed by atoms with E-state index in [1.54, 1.807) is 0 Å². The van der Waals surface area contributed by atoms with Crippen molar-refractivity contribution in [3.63, 3.8) is 0 Å². The summed E-state index contributed by atoms with van der Waals surface area (Å²) in [5.41, 5.74) is 7.53. The van der Waals surface area contributed by atoms with Crippen molar-refractivity contribution >= 4 is 0 Å². The van der Waals surface area contributed by atoms with E-state index >= 15 is 0 Å². The van der Waals surface area contributed by atoms with Crippen molar-refractivity contribution in [3.8, 4) is 0 Å². The molecule has 1 aromatic rings. The van der Waals surface area contributed by atoms with E-state index in [4.69, 9.17) is 5.73 Å². The predicted molar refractivity (Wildman–Crippen MR) is 71.1 cm³/mol. The van der Waals surface area contributed by atoms with Crippen LogP contribution in [0.15, 0.2) is 12.3 Å². The van der Waals surface area contributed by atoms with Gasteiger partial charge in [0.2, 0.25) is 0 Å². The van der Waals surface area contributed by atoms with Gasteiger partial charge in [0.1, 0.15) is 5.82 Å². The van der Waals surface area contributed by atoms with Gasteiger partial charge in [-0.05, 0) is 45.2 Å². The molecule has 0 radical (unpaired) electrons. The van der Waals surface area contributed by atoms with Crippen LogP contribution in [-0.2, 0) is 0 Å². The van der Waals surface area contributed by atoms with Gasteiger partial charge in [0.05, 0.1) is 11.7 Å². The fourth-order valence-electron chi connectivity index (χ4n) is 3.06. The highest BCUT2D eigenvalue weighted by Gasteiger charge is 2.38. The zero-order chi connectivity index (χ0) is 12.5. The molecule has 4 heteroatoms. The first-order valence-electron chi connectivity index (χ1n) is 7.06. The normalized spacial score (nSPS) is 30.1. The molecule has 4 nitrogen and oxygen atoms in total. The third-order valence-electron chi connectivity index (χ3n) is 4.08. The van der Waals surface area contributed by atoms with E-state index < -0.39 is 0 Å². The van der Waals surface area contributed by atoms with E-state index in [0.29, 0.717) is 6.04 Å². The van der Waals surface area contributed by atoms with Crippen LogP contribution in [0.1, 0.15) is 49.7 Å². The molecule has 0 amide bonds. The predicted octanol–water partition coefficient (Wildman–Crippen LogP) is 1.80. The molecule has 2 N–H and O–H groups in total. The minimum absolute atomic E-state index is 0.211. The number of hydrogen-bond donors (Lipinski definition) is 1. The van der Waals surface area contributed by atoms with Gasteiger partial charge in [-0.2, -0.15) is 0 Å². The van der Waals surface area contributed by atoms with E-state index in [1.807, 2.05) is 19.2 Å². The van der Waals surface area contributed by atoms with Crippen molar-refractivity contribution in [2.75, 3.05) is 6.54 Å². The lowest BCUT2D eigenvalue weighted by Gasteiger charge is -2.33. The number of nitrogens with zero attached hydrogens (tertiary/aromatic N) is 3. The Kier molecular flexibility index (Phi) is 3.31. The second kappa shape index (κ2) is 4.94. The SMILES string of the molecule is Cc1nccc(C2C(N)CCCCN2C2CC2)n1. The van der Waals surface area contributed by atoms with Gasteiger partial charge in [-0.1, -0.05) is 6.42 Å². The largest absolute Gasteiger partial charge is 0.326 e. The molecule has 98 valence electrons. The first-order chi connectivity index (χ1) is 8.75. The molecular formula is C14H22N4. The summed E-state index contributed by atoms with van der Waals surface area (Å²) in [5, 5.41) is 0. The molecule has 2 aliphatic rings. The van der Waals surface area contributed by atoms with Crippen molar-refractivity contribution in [1.29, 1.82) is 0 Å². The fourth-order valence-corrected chi connectivity index (χ4v) is 3.06. The Bertz CT molecular complexity index is 416. The molecule has 0 spiro atoms. The van der Waals surface area contributed by atoms with E-state index in [1.165, 1.54) is 32.2 Å². The zero-order valence-corrected chi connectivity index (χ0v) is 11.0. The summed E-state index contributed by atoms with van der Waals surface area (Å²) in [6.07, 6.45) is 8.13. The average molecular weight is 246 g/mol. The average Bonchev–Trinajstić information content (AvgIpc) is 3.15. The molecule has 2 unspecified atom stereocenters. The first kappa shape index (κ1) is 12.1. The molecule has 2 fully saturated rings. The van der Waals surface area contributed by atoms with Gasteiger partial charge in [0.15, 0.2) is 0 Å². The second-order valence-electron chi connectivity index (χ2n) is 5.60. The van der Waals surface area contributed by atoms with Gasteiger partial charge >= 0.3 is 0 Å². The van der Waals surface area contributed by atoms with Gasteiger partial charge in [0, 0.05) is 18.3 Å². The van der Waals surface area contributed by atoms with Crippen molar-refractivity contribution < 1.29 is 0 Å². The maximum absolute atomic E-state index is 6.41. The summed E-state index contributed by atoms with van der Waals surface area (Å²) in [6, 6.07) is 3.29. The Morgan fingerprint density at radius 3 is 2.83 bits per heavy atom. The van der Waals surface area contributed by atoms with E-state index in [-0.39, 0.29) is 6.04 Å². The van der Waals surface area contributed by atoms with Gasteiger partial charge < -0.3 is 5.73 Å². The molecule has 0 bridgehead atoms. The minimum Gasteiger partial charge on any atom is -0.326 e. The third kappa shape index (κ3) is 2.40. The summed E-state index contributed by atoms with van der Waals surface area (Å²) in [5.74, 6) is 0.847. The van der Waals surface area contributed by atoms with Gasteiger partial charge in [-0.15, -0.1) is 0 Å². The topological polar surface area (TPSA) is 55.0 Å². The molecular weight excluding hydrogens is 224 g/mol. The lowest BCUT2D eigenvalue weighted by molar-refractivity contribution is 0.171. The quantitative estimate of drug-likeness (QED) is 0.864. The standard InChI is InChI=1S/C14H22N4/c1-10-16-8-7-13(17-10)14-12(15)4-2-3-9-18(14)11-5-6-11/h7-8,11-12,14H,2-6,9,15H2,1H3. The Morgan fingerprint density at radius 1 is 1.28 bits per heavy atom. The summed E-state index contributed by atoms with van der Waals surface area (Å²) >= 11 is 0. The summed E-state index contributed by atoms with van der Waals surface area (Å²) in [6.45, 7) is 3.12. The van der Waals surface area contributed by atoms with E-state index in [2.05, 4.69) is 14.9 Å². The number of aromatic nitrogens is 2. The van der Waals surface area contributed by atoms with Crippen LogP contribution in [0.2, 0.25) is 0 Å². The molecule has 18 heavy (non-hydrogen) atoms. The molecule has 0 aromatic carbocycles. The molecule has 2 atom stereocenters. The highest BCUT2D eigenvalue weighted by atomic mass is 15.2. The number of rotatable bonds is 2. The van der Waals surface area contributed by atoms with Crippen LogP contribution in [0, 0.1) is 6.92 Å². The second-order valence-corrected chi connectivity index (χ2v) is 5.60.